The van der Waals surface area contributed by atoms with E-state index in [0.29, 0.717) is 11.8 Å². The fraction of sp³-hybridized carbons (Fsp3) is 0.933. The predicted octanol–water partition coefficient (Wildman–Crippen LogP) is 2.40. The SMILES string of the molecule is CN(CC1CCC1)C(=O)C1CCC(CCN)CC1. The molecule has 0 aromatic rings. The van der Waals surface area contributed by atoms with Gasteiger partial charge in [-0.1, -0.05) is 6.42 Å². The van der Waals surface area contributed by atoms with Gasteiger partial charge in [0, 0.05) is 19.5 Å². The standard InChI is InChI=1S/C15H28N2O/c1-17(11-13-3-2-4-13)15(18)14-7-5-12(6-8-14)9-10-16/h12-14H,2-11,16H2,1H3. The van der Waals surface area contributed by atoms with Gasteiger partial charge in [0.05, 0.1) is 0 Å². The van der Waals surface area contributed by atoms with Gasteiger partial charge in [-0.3, -0.25) is 4.79 Å². The minimum Gasteiger partial charge on any atom is -0.345 e. The Labute approximate surface area is 111 Å². The van der Waals surface area contributed by atoms with Gasteiger partial charge in [-0.15, -0.1) is 0 Å². The Morgan fingerprint density at radius 3 is 2.28 bits per heavy atom. The molecule has 2 aliphatic rings. The molecule has 2 saturated carbocycles. The van der Waals surface area contributed by atoms with Crippen molar-refractivity contribution in [2.75, 3.05) is 20.1 Å². The van der Waals surface area contributed by atoms with Crippen molar-refractivity contribution in [1.29, 1.82) is 0 Å². The maximum atomic E-state index is 12.3. The minimum atomic E-state index is 0.295. The van der Waals surface area contributed by atoms with Gasteiger partial charge in [0.1, 0.15) is 0 Å². The van der Waals surface area contributed by atoms with Crippen molar-refractivity contribution in [2.24, 2.45) is 23.5 Å². The first-order valence-electron chi connectivity index (χ1n) is 7.65. The maximum absolute atomic E-state index is 12.3. The first-order chi connectivity index (χ1) is 8.70. The van der Waals surface area contributed by atoms with Crippen LogP contribution in [0.5, 0.6) is 0 Å². The van der Waals surface area contributed by atoms with Crippen molar-refractivity contribution in [2.45, 2.75) is 51.4 Å². The highest BCUT2D eigenvalue weighted by molar-refractivity contribution is 5.78. The van der Waals surface area contributed by atoms with Gasteiger partial charge in [-0.25, -0.2) is 0 Å². The van der Waals surface area contributed by atoms with Gasteiger partial charge >= 0.3 is 0 Å². The second-order valence-electron chi connectivity index (χ2n) is 6.31. The summed E-state index contributed by atoms with van der Waals surface area (Å²) in [5.74, 6) is 2.25. The van der Waals surface area contributed by atoms with Crippen LogP contribution in [0.1, 0.15) is 51.4 Å². The average Bonchev–Trinajstić information content (AvgIpc) is 2.34. The molecule has 2 N–H and O–H groups in total. The molecule has 2 fully saturated rings. The molecule has 0 unspecified atom stereocenters. The zero-order valence-electron chi connectivity index (χ0n) is 11.7. The molecule has 0 radical (unpaired) electrons. The second-order valence-corrected chi connectivity index (χ2v) is 6.31. The Hall–Kier alpha value is -0.570. The number of amides is 1. The monoisotopic (exact) mass is 252 g/mol. The van der Waals surface area contributed by atoms with Crippen molar-refractivity contribution < 1.29 is 4.79 Å². The van der Waals surface area contributed by atoms with E-state index in [4.69, 9.17) is 5.73 Å². The second kappa shape index (κ2) is 6.55. The number of carbonyl (C=O) groups is 1. The smallest absolute Gasteiger partial charge is 0.225 e. The predicted molar refractivity (Wildman–Crippen MR) is 74.1 cm³/mol. The quantitative estimate of drug-likeness (QED) is 0.816. The lowest BCUT2D eigenvalue weighted by Crippen LogP contribution is -2.39. The molecule has 1 amide bonds. The first-order valence-corrected chi connectivity index (χ1v) is 7.65. The highest BCUT2D eigenvalue weighted by Gasteiger charge is 2.29. The van der Waals surface area contributed by atoms with Gasteiger partial charge in [0.15, 0.2) is 0 Å². The molecule has 104 valence electrons. The topological polar surface area (TPSA) is 46.3 Å². The average molecular weight is 252 g/mol. The van der Waals surface area contributed by atoms with E-state index in [1.807, 2.05) is 11.9 Å². The van der Waals surface area contributed by atoms with Crippen LogP contribution in [0.4, 0.5) is 0 Å². The van der Waals surface area contributed by atoms with Crippen molar-refractivity contribution in [3.05, 3.63) is 0 Å². The lowest BCUT2D eigenvalue weighted by atomic mass is 9.79. The molecule has 2 rings (SSSR count). The lowest BCUT2D eigenvalue weighted by molar-refractivity contribution is -0.136. The molecule has 3 nitrogen and oxygen atoms in total. The number of carbonyl (C=O) groups excluding carboxylic acids is 1. The van der Waals surface area contributed by atoms with Gasteiger partial charge in [-0.2, -0.15) is 0 Å². The summed E-state index contributed by atoms with van der Waals surface area (Å²) in [7, 11) is 1.99. The molecule has 0 heterocycles. The lowest BCUT2D eigenvalue weighted by Gasteiger charge is -2.34. The molecular weight excluding hydrogens is 224 g/mol. The fourth-order valence-corrected chi connectivity index (χ4v) is 3.40. The summed E-state index contributed by atoms with van der Waals surface area (Å²) in [6, 6.07) is 0. The third-order valence-corrected chi connectivity index (χ3v) is 4.90. The van der Waals surface area contributed by atoms with Crippen LogP contribution < -0.4 is 5.73 Å². The van der Waals surface area contributed by atoms with Crippen LogP contribution in [0.15, 0.2) is 0 Å². The molecule has 0 aromatic heterocycles. The summed E-state index contributed by atoms with van der Waals surface area (Å²) < 4.78 is 0. The minimum absolute atomic E-state index is 0.295. The summed E-state index contributed by atoms with van der Waals surface area (Å²) in [5.41, 5.74) is 5.60. The Morgan fingerprint density at radius 2 is 1.78 bits per heavy atom. The highest BCUT2D eigenvalue weighted by Crippen LogP contribution is 2.32. The fourth-order valence-electron chi connectivity index (χ4n) is 3.40. The number of hydrogen-bond acceptors (Lipinski definition) is 2. The third-order valence-electron chi connectivity index (χ3n) is 4.90. The van der Waals surface area contributed by atoms with E-state index in [9.17, 15) is 4.79 Å². The third kappa shape index (κ3) is 3.47. The zero-order valence-corrected chi connectivity index (χ0v) is 11.7. The molecule has 0 aliphatic heterocycles. The summed E-state index contributed by atoms with van der Waals surface area (Å²) in [6.45, 7) is 1.78. The summed E-state index contributed by atoms with van der Waals surface area (Å²) >= 11 is 0. The molecule has 0 atom stereocenters. The number of nitrogens with two attached hydrogens (primary N) is 1. The van der Waals surface area contributed by atoms with Gasteiger partial charge in [0.2, 0.25) is 5.91 Å². The Bertz CT molecular complexity index is 268. The molecule has 0 aromatic carbocycles. The molecule has 2 aliphatic carbocycles. The van der Waals surface area contributed by atoms with Gasteiger partial charge in [-0.05, 0) is 63.3 Å². The van der Waals surface area contributed by atoms with E-state index in [1.54, 1.807) is 0 Å². The van der Waals surface area contributed by atoms with Crippen molar-refractivity contribution in [3.63, 3.8) is 0 Å². The Kier molecular flexibility index (Phi) is 5.04. The van der Waals surface area contributed by atoms with E-state index in [2.05, 4.69) is 0 Å². The van der Waals surface area contributed by atoms with Gasteiger partial charge < -0.3 is 10.6 Å². The number of nitrogens with zero attached hydrogens (tertiary/aromatic N) is 1. The summed E-state index contributed by atoms with van der Waals surface area (Å²) in [4.78, 5) is 14.3. The zero-order chi connectivity index (χ0) is 13.0. The van der Waals surface area contributed by atoms with E-state index < -0.39 is 0 Å². The number of rotatable bonds is 5. The molecule has 0 bridgehead atoms. The first kappa shape index (κ1) is 13.9. The van der Waals surface area contributed by atoms with Crippen molar-refractivity contribution in [3.8, 4) is 0 Å². The largest absolute Gasteiger partial charge is 0.345 e. The van der Waals surface area contributed by atoms with E-state index >= 15 is 0 Å². The molecule has 3 heteroatoms. The van der Waals surface area contributed by atoms with Gasteiger partial charge in [0.25, 0.3) is 0 Å². The molecular formula is C15H28N2O. The van der Waals surface area contributed by atoms with Crippen LogP contribution in [0.3, 0.4) is 0 Å². The Morgan fingerprint density at radius 1 is 1.11 bits per heavy atom. The molecule has 0 saturated heterocycles. The summed E-state index contributed by atoms with van der Waals surface area (Å²) in [5, 5.41) is 0. The van der Waals surface area contributed by atoms with Crippen LogP contribution in [0, 0.1) is 17.8 Å². The maximum Gasteiger partial charge on any atom is 0.225 e. The highest BCUT2D eigenvalue weighted by atomic mass is 16.2. The number of hydrogen-bond donors (Lipinski definition) is 1. The van der Waals surface area contributed by atoms with Crippen LogP contribution in [-0.2, 0) is 4.79 Å². The van der Waals surface area contributed by atoms with Crippen molar-refractivity contribution >= 4 is 5.91 Å². The van der Waals surface area contributed by atoms with Crippen LogP contribution in [-0.4, -0.2) is 30.9 Å². The van der Waals surface area contributed by atoms with Crippen LogP contribution in [0.25, 0.3) is 0 Å². The molecule has 18 heavy (non-hydrogen) atoms. The van der Waals surface area contributed by atoms with Crippen molar-refractivity contribution in [1.82, 2.24) is 4.90 Å². The van der Waals surface area contributed by atoms with E-state index in [0.717, 1.165) is 44.2 Å². The van der Waals surface area contributed by atoms with E-state index in [-0.39, 0.29) is 0 Å². The molecule has 0 spiro atoms. The van der Waals surface area contributed by atoms with Crippen LogP contribution in [0.2, 0.25) is 0 Å². The van der Waals surface area contributed by atoms with Crippen LogP contribution >= 0.6 is 0 Å². The van der Waals surface area contributed by atoms with E-state index in [1.165, 1.54) is 32.1 Å². The normalized spacial score (nSPS) is 28.8. The summed E-state index contributed by atoms with van der Waals surface area (Å²) in [6.07, 6.45) is 9.70. The Balaban J connectivity index is 1.72.